The molecule has 0 spiro atoms. The van der Waals surface area contributed by atoms with Gasteiger partial charge in [-0.3, -0.25) is 4.79 Å². The molecule has 0 fully saturated rings. The molecule has 1 atom stereocenters. The van der Waals surface area contributed by atoms with Crippen molar-refractivity contribution in [3.05, 3.63) is 35.4 Å². The van der Waals surface area contributed by atoms with Crippen molar-refractivity contribution < 1.29 is 4.79 Å². The highest BCUT2D eigenvalue weighted by Gasteiger charge is 2.12. The summed E-state index contributed by atoms with van der Waals surface area (Å²) >= 11 is 0. The summed E-state index contributed by atoms with van der Waals surface area (Å²) in [6, 6.07) is 8.45. The molecule has 0 aliphatic heterocycles. The Bertz CT molecular complexity index is 311. The fraction of sp³-hybridized carbons (Fsp3) is 0.500. The number of hydrogen-bond donors (Lipinski definition) is 0. The molecule has 0 amide bonds. The van der Waals surface area contributed by atoms with Gasteiger partial charge < -0.3 is 0 Å². The molecular formula is C14H20O. The van der Waals surface area contributed by atoms with Crippen molar-refractivity contribution in [1.29, 1.82) is 0 Å². The molecule has 1 heteroatoms. The van der Waals surface area contributed by atoms with Crippen LogP contribution < -0.4 is 0 Å². The average molecular weight is 204 g/mol. The fourth-order valence-electron chi connectivity index (χ4n) is 1.75. The Morgan fingerprint density at radius 1 is 1.20 bits per heavy atom. The first-order valence-corrected chi connectivity index (χ1v) is 5.80. The Balaban J connectivity index is 2.75. The van der Waals surface area contributed by atoms with Crippen LogP contribution in [0.15, 0.2) is 24.3 Å². The van der Waals surface area contributed by atoms with Crippen LogP contribution in [0.25, 0.3) is 0 Å². The first-order valence-electron chi connectivity index (χ1n) is 5.80. The zero-order valence-electron chi connectivity index (χ0n) is 9.92. The number of carbonyl (C=O) groups is 1. The second kappa shape index (κ2) is 5.69. The van der Waals surface area contributed by atoms with E-state index in [0.717, 1.165) is 12.0 Å². The maximum absolute atomic E-state index is 11.5. The van der Waals surface area contributed by atoms with Crippen LogP contribution in [0.1, 0.15) is 50.7 Å². The number of aryl methyl sites for hydroxylation is 1. The molecule has 1 aromatic carbocycles. The van der Waals surface area contributed by atoms with Crippen molar-refractivity contribution in [2.45, 2.75) is 46.0 Å². The molecule has 0 saturated carbocycles. The normalized spacial score (nSPS) is 12.5. The van der Waals surface area contributed by atoms with Crippen LogP contribution in [-0.4, -0.2) is 5.78 Å². The van der Waals surface area contributed by atoms with Crippen LogP contribution >= 0.6 is 0 Å². The third kappa shape index (κ3) is 3.19. The van der Waals surface area contributed by atoms with Crippen molar-refractivity contribution in [2.75, 3.05) is 0 Å². The lowest BCUT2D eigenvalue weighted by molar-refractivity contribution is -0.119. The van der Waals surface area contributed by atoms with Crippen LogP contribution in [0.2, 0.25) is 0 Å². The smallest absolute Gasteiger partial charge is 0.139 e. The van der Waals surface area contributed by atoms with Gasteiger partial charge in [-0.15, -0.1) is 0 Å². The Hall–Kier alpha value is -1.11. The first kappa shape index (κ1) is 12.0. The minimum atomic E-state index is 0.0469. The number of hydrogen-bond acceptors (Lipinski definition) is 1. The van der Waals surface area contributed by atoms with Crippen molar-refractivity contribution in [1.82, 2.24) is 0 Å². The maximum atomic E-state index is 11.5. The lowest BCUT2D eigenvalue weighted by Crippen LogP contribution is -2.07. The third-order valence-corrected chi connectivity index (χ3v) is 2.85. The summed E-state index contributed by atoms with van der Waals surface area (Å²) < 4.78 is 0. The standard InChI is InChI=1S/C14H20O/c1-4-6-12-7-9-13(10-8-12)11(3)14(15)5-2/h7-11H,4-6H2,1-3H3. The van der Waals surface area contributed by atoms with E-state index in [1.54, 1.807) is 0 Å². The van der Waals surface area contributed by atoms with Gasteiger partial charge >= 0.3 is 0 Å². The van der Waals surface area contributed by atoms with Gasteiger partial charge in [0.05, 0.1) is 0 Å². The van der Waals surface area contributed by atoms with E-state index < -0.39 is 0 Å². The van der Waals surface area contributed by atoms with E-state index >= 15 is 0 Å². The quantitative estimate of drug-likeness (QED) is 0.714. The van der Waals surface area contributed by atoms with Gasteiger partial charge in [0.1, 0.15) is 5.78 Å². The number of carbonyl (C=O) groups excluding carboxylic acids is 1. The topological polar surface area (TPSA) is 17.1 Å². The fourth-order valence-corrected chi connectivity index (χ4v) is 1.75. The molecule has 0 bridgehead atoms. The molecule has 0 aromatic heterocycles. The summed E-state index contributed by atoms with van der Waals surface area (Å²) in [7, 11) is 0. The molecule has 0 aliphatic rings. The zero-order chi connectivity index (χ0) is 11.3. The number of Topliss-reactive ketones (excluding diaryl/α,β-unsaturated/α-hetero) is 1. The zero-order valence-corrected chi connectivity index (χ0v) is 9.92. The molecule has 1 aromatic rings. The first-order chi connectivity index (χ1) is 7.19. The van der Waals surface area contributed by atoms with Crippen LogP contribution in [0.5, 0.6) is 0 Å². The van der Waals surface area contributed by atoms with Crippen molar-refractivity contribution in [3.63, 3.8) is 0 Å². The molecule has 1 rings (SSSR count). The predicted molar refractivity (Wildman–Crippen MR) is 64.2 cm³/mol. The van der Waals surface area contributed by atoms with E-state index in [9.17, 15) is 4.79 Å². The molecule has 15 heavy (non-hydrogen) atoms. The summed E-state index contributed by atoms with van der Waals surface area (Å²) in [5.41, 5.74) is 2.50. The lowest BCUT2D eigenvalue weighted by atomic mass is 9.94. The van der Waals surface area contributed by atoms with E-state index in [4.69, 9.17) is 0 Å². The van der Waals surface area contributed by atoms with Crippen LogP contribution in [0.4, 0.5) is 0 Å². The molecule has 0 saturated heterocycles. The number of rotatable bonds is 5. The summed E-state index contributed by atoms with van der Waals surface area (Å²) in [4.78, 5) is 11.5. The van der Waals surface area contributed by atoms with Crippen LogP contribution in [0.3, 0.4) is 0 Å². The lowest BCUT2D eigenvalue weighted by Gasteiger charge is -2.10. The molecule has 82 valence electrons. The monoisotopic (exact) mass is 204 g/mol. The third-order valence-electron chi connectivity index (χ3n) is 2.85. The minimum Gasteiger partial charge on any atom is -0.299 e. The minimum absolute atomic E-state index is 0.0469. The van der Waals surface area contributed by atoms with Crippen molar-refractivity contribution in [2.24, 2.45) is 0 Å². The summed E-state index contributed by atoms with van der Waals surface area (Å²) in [6.07, 6.45) is 2.91. The van der Waals surface area contributed by atoms with E-state index in [1.165, 1.54) is 12.0 Å². The number of benzene rings is 1. The van der Waals surface area contributed by atoms with Gasteiger partial charge in [0, 0.05) is 12.3 Å². The molecule has 0 aliphatic carbocycles. The average Bonchev–Trinajstić information content (AvgIpc) is 2.28. The molecule has 1 unspecified atom stereocenters. The Morgan fingerprint density at radius 2 is 1.80 bits per heavy atom. The molecular weight excluding hydrogens is 184 g/mol. The van der Waals surface area contributed by atoms with Gasteiger partial charge in [0.25, 0.3) is 0 Å². The van der Waals surface area contributed by atoms with E-state index in [0.29, 0.717) is 12.2 Å². The summed E-state index contributed by atoms with van der Waals surface area (Å²) in [5.74, 6) is 0.365. The Labute approximate surface area is 92.5 Å². The SMILES string of the molecule is CCCc1ccc(C(C)C(=O)CC)cc1. The van der Waals surface area contributed by atoms with Gasteiger partial charge in [0.15, 0.2) is 0 Å². The van der Waals surface area contributed by atoms with E-state index in [1.807, 2.05) is 13.8 Å². The van der Waals surface area contributed by atoms with Gasteiger partial charge in [-0.2, -0.15) is 0 Å². The van der Waals surface area contributed by atoms with E-state index in [2.05, 4.69) is 31.2 Å². The van der Waals surface area contributed by atoms with Gasteiger partial charge in [-0.05, 0) is 17.5 Å². The second-order valence-corrected chi connectivity index (χ2v) is 4.03. The predicted octanol–water partition coefficient (Wildman–Crippen LogP) is 3.72. The Kier molecular flexibility index (Phi) is 4.54. The molecule has 1 nitrogen and oxygen atoms in total. The summed E-state index contributed by atoms with van der Waals surface area (Å²) in [6.45, 7) is 6.09. The van der Waals surface area contributed by atoms with Gasteiger partial charge in [0.2, 0.25) is 0 Å². The van der Waals surface area contributed by atoms with Crippen LogP contribution in [0, 0.1) is 0 Å². The number of ketones is 1. The largest absolute Gasteiger partial charge is 0.299 e. The summed E-state index contributed by atoms with van der Waals surface area (Å²) in [5, 5.41) is 0. The highest BCUT2D eigenvalue weighted by Crippen LogP contribution is 2.18. The van der Waals surface area contributed by atoms with Crippen LogP contribution in [-0.2, 0) is 11.2 Å². The van der Waals surface area contributed by atoms with Crippen molar-refractivity contribution >= 4 is 5.78 Å². The van der Waals surface area contributed by atoms with Gasteiger partial charge in [-0.1, -0.05) is 51.5 Å². The molecule has 0 heterocycles. The van der Waals surface area contributed by atoms with Gasteiger partial charge in [-0.25, -0.2) is 0 Å². The second-order valence-electron chi connectivity index (χ2n) is 4.03. The Morgan fingerprint density at radius 3 is 2.27 bits per heavy atom. The maximum Gasteiger partial charge on any atom is 0.139 e. The molecule has 0 radical (unpaired) electrons. The van der Waals surface area contributed by atoms with Crippen molar-refractivity contribution in [3.8, 4) is 0 Å². The highest BCUT2D eigenvalue weighted by atomic mass is 16.1. The van der Waals surface area contributed by atoms with E-state index in [-0.39, 0.29) is 5.92 Å². The highest BCUT2D eigenvalue weighted by molar-refractivity contribution is 5.85. The molecule has 0 N–H and O–H groups in total.